The molecule has 2 N–H and O–H groups in total. The largest absolute Gasteiger partial charge is 0.497 e. The second kappa shape index (κ2) is 7.54. The van der Waals surface area contributed by atoms with Crippen LogP contribution in [0.15, 0.2) is 42.5 Å². The minimum absolute atomic E-state index is 0.161. The quantitative estimate of drug-likeness (QED) is 0.627. The van der Waals surface area contributed by atoms with Gasteiger partial charge in [0.15, 0.2) is 6.10 Å². The second-order valence-electron chi connectivity index (χ2n) is 5.02. The number of carbonyl (C=O) groups excluding carboxylic acids is 1. The minimum atomic E-state index is -0.627. The third-order valence-electron chi connectivity index (χ3n) is 3.47. The summed E-state index contributed by atoms with van der Waals surface area (Å²) in [7, 11) is 3.08. The molecule has 0 saturated carbocycles. The second-order valence-corrected chi connectivity index (χ2v) is 5.02. The lowest BCUT2D eigenvalue weighted by molar-refractivity contribution is 0.0783. The van der Waals surface area contributed by atoms with Gasteiger partial charge in [-0.05, 0) is 36.8 Å². The molecule has 0 aliphatic rings. The van der Waals surface area contributed by atoms with E-state index in [1.54, 1.807) is 49.6 Å². The van der Waals surface area contributed by atoms with Gasteiger partial charge in [0.2, 0.25) is 5.78 Å². The van der Waals surface area contributed by atoms with Gasteiger partial charge >= 0.3 is 0 Å². The highest BCUT2D eigenvalue weighted by atomic mass is 16.5. The molecule has 0 aliphatic heterocycles. The molecule has 23 heavy (non-hydrogen) atoms. The molecule has 5 nitrogen and oxygen atoms in total. The first-order valence-corrected chi connectivity index (χ1v) is 7.37. The molecule has 0 bridgehead atoms. The maximum Gasteiger partial charge on any atom is 0.207 e. The number of rotatable bonds is 7. The molecule has 0 aromatic heterocycles. The molecule has 0 saturated heterocycles. The molecule has 0 aliphatic carbocycles. The fourth-order valence-corrected chi connectivity index (χ4v) is 2.25. The van der Waals surface area contributed by atoms with Gasteiger partial charge in [0.05, 0.1) is 19.8 Å². The number of ketones is 1. The first-order valence-electron chi connectivity index (χ1n) is 7.37. The average Bonchev–Trinajstić information content (AvgIpc) is 2.58. The Morgan fingerprint density at radius 1 is 1.09 bits per heavy atom. The van der Waals surface area contributed by atoms with Crippen LogP contribution in [0.4, 0.5) is 5.69 Å². The molecule has 2 aromatic rings. The summed E-state index contributed by atoms with van der Waals surface area (Å²) < 4.78 is 16.3. The van der Waals surface area contributed by atoms with Gasteiger partial charge in [-0.15, -0.1) is 0 Å². The average molecular weight is 315 g/mol. The molecular weight excluding hydrogens is 294 g/mol. The van der Waals surface area contributed by atoms with Gasteiger partial charge < -0.3 is 19.9 Å². The number of ether oxygens (including phenoxy) is 3. The summed E-state index contributed by atoms with van der Waals surface area (Å²) in [5, 5.41) is 0. The van der Waals surface area contributed by atoms with Gasteiger partial charge in [-0.25, -0.2) is 0 Å². The Balaban J connectivity index is 2.29. The van der Waals surface area contributed by atoms with Crippen molar-refractivity contribution in [3.8, 4) is 17.2 Å². The standard InChI is InChI=1S/C18H21NO4/c1-4-16(23-14-7-5-6-12(19)10-14)18(20)15-11-13(21-2)8-9-17(15)22-3/h5-11,16H,4,19H2,1-3H3. The van der Waals surface area contributed by atoms with Gasteiger partial charge in [-0.1, -0.05) is 13.0 Å². The number of methoxy groups -OCH3 is 2. The number of nitrogen functional groups attached to an aromatic ring is 1. The van der Waals surface area contributed by atoms with Crippen molar-refractivity contribution in [1.29, 1.82) is 0 Å². The van der Waals surface area contributed by atoms with Crippen LogP contribution in [0.3, 0.4) is 0 Å². The van der Waals surface area contributed by atoms with E-state index in [4.69, 9.17) is 19.9 Å². The number of carbonyl (C=O) groups is 1. The molecule has 1 unspecified atom stereocenters. The number of hydrogen-bond acceptors (Lipinski definition) is 5. The number of Topliss-reactive ketones (excluding diaryl/α,β-unsaturated/α-hetero) is 1. The molecule has 122 valence electrons. The van der Waals surface area contributed by atoms with E-state index >= 15 is 0 Å². The van der Waals surface area contributed by atoms with E-state index < -0.39 is 6.10 Å². The van der Waals surface area contributed by atoms with E-state index in [9.17, 15) is 4.79 Å². The van der Waals surface area contributed by atoms with E-state index in [2.05, 4.69) is 0 Å². The topological polar surface area (TPSA) is 70.8 Å². The predicted octanol–water partition coefficient (Wildman–Crippen LogP) is 3.33. The van der Waals surface area contributed by atoms with Crippen molar-refractivity contribution < 1.29 is 19.0 Å². The Labute approximate surface area is 136 Å². The van der Waals surface area contributed by atoms with E-state index in [0.717, 1.165) is 0 Å². The molecule has 2 aromatic carbocycles. The third-order valence-corrected chi connectivity index (χ3v) is 3.47. The fraction of sp³-hybridized carbons (Fsp3) is 0.278. The van der Waals surface area contributed by atoms with Crippen LogP contribution in [0.5, 0.6) is 17.2 Å². The van der Waals surface area contributed by atoms with Crippen LogP contribution in [-0.4, -0.2) is 26.1 Å². The predicted molar refractivity (Wildman–Crippen MR) is 89.4 cm³/mol. The Morgan fingerprint density at radius 3 is 2.48 bits per heavy atom. The van der Waals surface area contributed by atoms with Crippen LogP contribution in [0, 0.1) is 0 Å². The number of anilines is 1. The van der Waals surface area contributed by atoms with Crippen molar-refractivity contribution >= 4 is 11.5 Å². The third kappa shape index (κ3) is 3.94. The van der Waals surface area contributed by atoms with Crippen molar-refractivity contribution in [2.24, 2.45) is 0 Å². The number of nitrogens with two attached hydrogens (primary N) is 1. The SMILES string of the molecule is CCC(Oc1cccc(N)c1)C(=O)c1cc(OC)ccc1OC. The van der Waals surface area contributed by atoms with Gasteiger partial charge in [-0.2, -0.15) is 0 Å². The van der Waals surface area contributed by atoms with Crippen molar-refractivity contribution in [2.45, 2.75) is 19.4 Å². The van der Waals surface area contributed by atoms with Gasteiger partial charge in [-0.3, -0.25) is 4.79 Å². The van der Waals surface area contributed by atoms with Gasteiger partial charge in [0.25, 0.3) is 0 Å². The summed E-state index contributed by atoms with van der Waals surface area (Å²) in [6, 6.07) is 12.1. The van der Waals surface area contributed by atoms with E-state index in [-0.39, 0.29) is 5.78 Å². The summed E-state index contributed by atoms with van der Waals surface area (Å²) in [4.78, 5) is 12.8. The van der Waals surface area contributed by atoms with Crippen molar-refractivity contribution in [3.05, 3.63) is 48.0 Å². The van der Waals surface area contributed by atoms with Crippen molar-refractivity contribution in [1.82, 2.24) is 0 Å². The summed E-state index contributed by atoms with van der Waals surface area (Å²) in [6.45, 7) is 1.89. The van der Waals surface area contributed by atoms with Crippen LogP contribution in [0.25, 0.3) is 0 Å². The molecule has 0 fully saturated rings. The molecule has 0 amide bonds. The highest BCUT2D eigenvalue weighted by Crippen LogP contribution is 2.27. The molecule has 1 atom stereocenters. The summed E-state index contributed by atoms with van der Waals surface area (Å²) >= 11 is 0. The van der Waals surface area contributed by atoms with Crippen molar-refractivity contribution in [3.63, 3.8) is 0 Å². The molecule has 5 heteroatoms. The van der Waals surface area contributed by atoms with E-state index in [1.807, 2.05) is 6.92 Å². The maximum absolute atomic E-state index is 12.8. The monoisotopic (exact) mass is 315 g/mol. The summed E-state index contributed by atoms with van der Waals surface area (Å²) in [6.07, 6.45) is -0.105. The fourth-order valence-electron chi connectivity index (χ4n) is 2.25. The smallest absolute Gasteiger partial charge is 0.207 e. The van der Waals surface area contributed by atoms with Crippen molar-refractivity contribution in [2.75, 3.05) is 20.0 Å². The molecule has 0 radical (unpaired) electrons. The first-order chi connectivity index (χ1) is 11.1. The number of benzene rings is 2. The Kier molecular flexibility index (Phi) is 5.46. The first kappa shape index (κ1) is 16.7. The van der Waals surface area contributed by atoms with Crippen LogP contribution in [0.1, 0.15) is 23.7 Å². The Bertz CT molecular complexity index is 684. The highest BCUT2D eigenvalue weighted by molar-refractivity contribution is 6.02. The van der Waals surface area contributed by atoms with E-state index in [0.29, 0.717) is 34.9 Å². The van der Waals surface area contributed by atoms with E-state index in [1.165, 1.54) is 7.11 Å². The van der Waals surface area contributed by atoms with Crippen LogP contribution in [0.2, 0.25) is 0 Å². The lowest BCUT2D eigenvalue weighted by Gasteiger charge is -2.18. The zero-order chi connectivity index (χ0) is 16.8. The molecule has 2 rings (SSSR count). The number of hydrogen-bond donors (Lipinski definition) is 1. The normalized spacial score (nSPS) is 11.6. The summed E-state index contributed by atoms with van der Waals surface area (Å²) in [5.74, 6) is 1.48. The maximum atomic E-state index is 12.8. The zero-order valence-electron chi connectivity index (χ0n) is 13.5. The highest BCUT2D eigenvalue weighted by Gasteiger charge is 2.24. The molecular formula is C18H21NO4. The summed E-state index contributed by atoms with van der Waals surface area (Å²) in [5.41, 5.74) is 6.76. The lowest BCUT2D eigenvalue weighted by atomic mass is 10.0. The molecule has 0 heterocycles. The Morgan fingerprint density at radius 2 is 1.87 bits per heavy atom. The van der Waals surface area contributed by atoms with Crippen LogP contribution < -0.4 is 19.9 Å². The lowest BCUT2D eigenvalue weighted by Crippen LogP contribution is -2.27. The van der Waals surface area contributed by atoms with Crippen LogP contribution in [-0.2, 0) is 0 Å². The zero-order valence-corrected chi connectivity index (χ0v) is 13.5. The minimum Gasteiger partial charge on any atom is -0.497 e. The van der Waals surface area contributed by atoms with Gasteiger partial charge in [0.1, 0.15) is 17.2 Å². The Hall–Kier alpha value is -2.69. The van der Waals surface area contributed by atoms with Gasteiger partial charge in [0, 0.05) is 11.8 Å². The van der Waals surface area contributed by atoms with Crippen LogP contribution >= 0.6 is 0 Å². The molecule has 0 spiro atoms.